The van der Waals surface area contributed by atoms with Crippen molar-refractivity contribution < 1.29 is 19.1 Å². The lowest BCUT2D eigenvalue weighted by Gasteiger charge is -2.12. The molecule has 0 saturated heterocycles. The molecule has 0 unspecified atom stereocenters. The number of aromatic nitrogens is 4. The summed E-state index contributed by atoms with van der Waals surface area (Å²) in [5.74, 6) is -3.21. The Morgan fingerprint density at radius 1 is 1.12 bits per heavy atom. The zero-order valence-corrected chi connectivity index (χ0v) is 15.9. The van der Waals surface area contributed by atoms with Gasteiger partial charge in [0.1, 0.15) is 22.9 Å². The maximum atomic E-state index is 14.1. The lowest BCUT2D eigenvalue weighted by Crippen LogP contribution is -2.36. The lowest BCUT2D eigenvalue weighted by molar-refractivity contribution is 0.0687. The molecule has 0 aliphatic heterocycles. The molecule has 0 saturated carbocycles. The number of carbonyl (C=O) groups excluding carboxylic acids is 1. The Bertz CT molecular complexity index is 1490. The molecule has 0 radical (unpaired) electrons. The van der Waals surface area contributed by atoms with Crippen molar-refractivity contribution in [2.75, 3.05) is 16.8 Å². The quantitative estimate of drug-likeness (QED) is 0.239. The molecule has 2 aromatic heterocycles. The molecule has 162 valence electrons. The van der Waals surface area contributed by atoms with E-state index in [1.54, 1.807) is 0 Å². The fraction of sp³-hybridized carbons (Fsp3) is 0.0556. The number of nitrogens with two attached hydrogens (primary N) is 2. The van der Waals surface area contributed by atoms with Crippen molar-refractivity contribution in [1.29, 1.82) is 0 Å². The van der Waals surface area contributed by atoms with Crippen LogP contribution in [0, 0.1) is 5.82 Å². The number of halogens is 1. The molecule has 0 aliphatic carbocycles. The van der Waals surface area contributed by atoms with Crippen LogP contribution in [0.25, 0.3) is 5.78 Å². The summed E-state index contributed by atoms with van der Waals surface area (Å²) in [7, 11) is 0. The van der Waals surface area contributed by atoms with Crippen molar-refractivity contribution in [2.24, 2.45) is 0 Å². The van der Waals surface area contributed by atoms with Crippen LogP contribution >= 0.6 is 0 Å². The van der Waals surface area contributed by atoms with Crippen molar-refractivity contribution in [1.82, 2.24) is 24.9 Å². The molecule has 32 heavy (non-hydrogen) atoms. The van der Waals surface area contributed by atoms with Crippen LogP contribution in [0.5, 0.6) is 0 Å². The van der Waals surface area contributed by atoms with Gasteiger partial charge in [-0.25, -0.2) is 14.2 Å². The van der Waals surface area contributed by atoms with E-state index in [2.05, 4.69) is 25.7 Å². The largest absolute Gasteiger partial charge is 0.477 e. The third-order valence-corrected chi connectivity index (χ3v) is 4.47. The maximum absolute atomic E-state index is 14.1. The second-order valence-electron chi connectivity index (χ2n) is 6.58. The van der Waals surface area contributed by atoms with Gasteiger partial charge >= 0.3 is 5.97 Å². The molecule has 4 aromatic rings. The third-order valence-electron chi connectivity index (χ3n) is 4.47. The average Bonchev–Trinajstić information content (AvgIpc) is 3.15. The lowest BCUT2D eigenvalue weighted by atomic mass is 10.1. The summed E-state index contributed by atoms with van der Waals surface area (Å²) < 4.78 is 15.0. The van der Waals surface area contributed by atoms with Crippen LogP contribution in [0.3, 0.4) is 0 Å². The number of aromatic carboxylic acids is 1. The Kier molecular flexibility index (Phi) is 4.73. The number of anilines is 4. The van der Waals surface area contributed by atoms with Gasteiger partial charge in [-0.1, -0.05) is 6.07 Å². The molecule has 0 atom stereocenters. The van der Waals surface area contributed by atoms with E-state index >= 15 is 0 Å². The molecule has 14 heteroatoms. The van der Waals surface area contributed by atoms with Crippen molar-refractivity contribution in [3.05, 3.63) is 67.5 Å². The molecule has 2 aromatic carbocycles. The van der Waals surface area contributed by atoms with Crippen LogP contribution in [0.2, 0.25) is 0 Å². The van der Waals surface area contributed by atoms with Crippen LogP contribution in [-0.4, -0.2) is 36.6 Å². The molecule has 2 heterocycles. The summed E-state index contributed by atoms with van der Waals surface area (Å²) in [6, 6.07) is 4.79. The third kappa shape index (κ3) is 3.45. The normalized spacial score (nSPS) is 11.0. The van der Waals surface area contributed by atoms with Crippen LogP contribution < -0.4 is 33.0 Å². The maximum Gasteiger partial charge on any atom is 0.354 e. The number of nitrogen functional groups attached to an aromatic ring is 2. The zero-order chi connectivity index (χ0) is 23.2. The van der Waals surface area contributed by atoms with Crippen molar-refractivity contribution in [3.8, 4) is 0 Å². The Balaban J connectivity index is 1.54. The molecule has 0 aliphatic rings. The first kappa shape index (κ1) is 20.4. The summed E-state index contributed by atoms with van der Waals surface area (Å²) in [6.45, 7) is -0.0979. The number of fused-ring (bicyclic) bond motifs is 1. The van der Waals surface area contributed by atoms with E-state index in [9.17, 15) is 28.7 Å². The molecule has 7 N–H and O–H groups in total. The smallest absolute Gasteiger partial charge is 0.354 e. The highest BCUT2D eigenvalue weighted by atomic mass is 19.1. The van der Waals surface area contributed by atoms with E-state index < -0.39 is 28.6 Å². The van der Waals surface area contributed by atoms with Gasteiger partial charge in [-0.2, -0.15) is 9.50 Å². The van der Waals surface area contributed by atoms with Gasteiger partial charge in [-0.3, -0.25) is 14.4 Å². The number of nitrogens with one attached hydrogen (secondary N) is 2. The Hall–Kier alpha value is -4.88. The van der Waals surface area contributed by atoms with Gasteiger partial charge in [-0.15, -0.1) is 5.10 Å². The van der Waals surface area contributed by atoms with E-state index in [0.717, 1.165) is 16.6 Å². The fourth-order valence-corrected chi connectivity index (χ4v) is 2.87. The van der Waals surface area contributed by atoms with Gasteiger partial charge in [0.15, 0.2) is 5.69 Å². The summed E-state index contributed by atoms with van der Waals surface area (Å²) in [4.78, 5) is 54.4. The molecule has 13 nitrogen and oxygen atoms in total. The van der Waals surface area contributed by atoms with Crippen molar-refractivity contribution in [2.45, 2.75) is 6.54 Å². The molecule has 1 amide bonds. The van der Waals surface area contributed by atoms with E-state index in [0.29, 0.717) is 5.56 Å². The highest BCUT2D eigenvalue weighted by molar-refractivity contribution is 5.95. The number of amides is 1. The minimum Gasteiger partial charge on any atom is -0.477 e. The molecule has 4 rings (SSSR count). The van der Waals surface area contributed by atoms with Gasteiger partial charge in [0, 0.05) is 12.6 Å². The predicted octanol–water partition coefficient (Wildman–Crippen LogP) is -0.604. The summed E-state index contributed by atoms with van der Waals surface area (Å²) in [6.07, 6.45) is 0. The number of rotatable bonds is 6. The summed E-state index contributed by atoms with van der Waals surface area (Å²) >= 11 is 0. The van der Waals surface area contributed by atoms with E-state index in [-0.39, 0.29) is 46.7 Å². The van der Waals surface area contributed by atoms with Crippen LogP contribution in [0.15, 0.2) is 33.9 Å². The monoisotopic (exact) mass is 440 g/mol. The van der Waals surface area contributed by atoms with E-state index in [1.165, 1.54) is 12.1 Å². The van der Waals surface area contributed by atoms with Crippen molar-refractivity contribution in [3.63, 3.8) is 0 Å². The molecule has 0 spiro atoms. The standard InChI is InChI=1S/C18H13FN8O5/c19-7-2-1-6(3-8(7)23-12-11(20)13(28)14(12)29)5-22-15(30)9-4-10(16(31)32)27-18(24-9)25-17(21)26-27/h1-4,23H,5,20H2,(H2,21,26)(H,22,30)(H,31,32). The number of carbonyl (C=O) groups is 2. The van der Waals surface area contributed by atoms with Gasteiger partial charge in [0.25, 0.3) is 22.5 Å². The zero-order valence-electron chi connectivity index (χ0n) is 15.9. The number of hydrogen-bond donors (Lipinski definition) is 5. The van der Waals surface area contributed by atoms with Gasteiger partial charge < -0.3 is 27.2 Å². The molecular weight excluding hydrogens is 427 g/mol. The second-order valence-corrected chi connectivity index (χ2v) is 6.58. The summed E-state index contributed by atoms with van der Waals surface area (Å²) in [5.41, 5.74) is 8.35. The fourth-order valence-electron chi connectivity index (χ4n) is 2.87. The first-order valence-corrected chi connectivity index (χ1v) is 8.84. The van der Waals surface area contributed by atoms with Gasteiger partial charge in [-0.05, 0) is 17.7 Å². The van der Waals surface area contributed by atoms with Crippen molar-refractivity contribution >= 4 is 40.7 Å². The SMILES string of the molecule is Nc1nc2nc(C(=O)NCc3ccc(F)c(Nc4c(N)c(=O)c4=O)c3)cc(C(=O)O)n2n1. The Morgan fingerprint density at radius 2 is 1.88 bits per heavy atom. The minimum atomic E-state index is -1.37. The highest BCUT2D eigenvalue weighted by Gasteiger charge is 2.20. The summed E-state index contributed by atoms with van der Waals surface area (Å²) in [5, 5.41) is 18.0. The van der Waals surface area contributed by atoms with Gasteiger partial charge in [0.05, 0.1) is 5.69 Å². The van der Waals surface area contributed by atoms with Crippen LogP contribution in [0.1, 0.15) is 26.5 Å². The minimum absolute atomic E-state index is 0.0979. The van der Waals surface area contributed by atoms with Crippen LogP contribution in [0.4, 0.5) is 27.4 Å². The topological polar surface area (TPSA) is 208 Å². The highest BCUT2D eigenvalue weighted by Crippen LogP contribution is 2.22. The first-order chi connectivity index (χ1) is 15.2. The Labute approximate surface area is 176 Å². The molecular formula is C18H13FN8O5. The average molecular weight is 440 g/mol. The van der Waals surface area contributed by atoms with Gasteiger partial charge in [0.2, 0.25) is 5.95 Å². The van der Waals surface area contributed by atoms with E-state index in [1.807, 2.05) is 0 Å². The Morgan fingerprint density at radius 3 is 2.56 bits per heavy atom. The molecule has 0 fully saturated rings. The number of nitrogens with zero attached hydrogens (tertiary/aromatic N) is 4. The number of benzene rings is 1. The molecule has 0 bridgehead atoms. The van der Waals surface area contributed by atoms with E-state index in [4.69, 9.17) is 11.5 Å². The first-order valence-electron chi connectivity index (χ1n) is 8.84. The number of carboxylic acids is 1. The predicted molar refractivity (Wildman–Crippen MR) is 109 cm³/mol. The van der Waals surface area contributed by atoms with Crippen LogP contribution in [-0.2, 0) is 6.54 Å². The number of hydrogen-bond acceptors (Lipinski definition) is 10. The second kappa shape index (κ2) is 7.42. The number of carboxylic acid groups (broad SMARTS) is 1.